The van der Waals surface area contributed by atoms with Crippen LogP contribution < -0.4 is 0 Å². The summed E-state index contributed by atoms with van der Waals surface area (Å²) in [5.74, 6) is 0.0642. The van der Waals surface area contributed by atoms with Crippen LogP contribution in [0.15, 0.2) is 22.6 Å². The van der Waals surface area contributed by atoms with Gasteiger partial charge in [-0.15, -0.1) is 0 Å². The first kappa shape index (κ1) is 5.47. The smallest absolute Gasteiger partial charge is 0.163 e. The first-order chi connectivity index (χ1) is 4.77. The Hall–Kier alpha value is -1.31. The fourth-order valence-corrected chi connectivity index (χ4v) is 1.06. The van der Waals surface area contributed by atoms with Crippen LogP contribution in [0.2, 0.25) is 0 Å². The van der Waals surface area contributed by atoms with Gasteiger partial charge in [0.15, 0.2) is 5.78 Å². The maximum absolute atomic E-state index is 10.8. The molecule has 0 aliphatic carbocycles. The fraction of sp³-hybridized carbons (Fsp3) is 0.125. The average molecular weight is 134 g/mol. The van der Waals surface area contributed by atoms with Crippen molar-refractivity contribution in [1.29, 1.82) is 0 Å². The highest BCUT2D eigenvalue weighted by Gasteiger charge is 2.09. The Morgan fingerprint density at radius 3 is 2.60 bits per heavy atom. The third-order valence-corrected chi connectivity index (χ3v) is 1.56. The molecule has 2 rings (SSSR count). The van der Waals surface area contributed by atoms with Crippen LogP contribution in [0.4, 0.5) is 0 Å². The number of furan rings is 2. The number of rotatable bonds is 1. The zero-order valence-corrected chi connectivity index (χ0v) is 5.55. The Labute approximate surface area is 57.8 Å². The number of carbonyl (C=O) groups is 1. The second-order valence-corrected chi connectivity index (χ2v) is 2.32. The second kappa shape index (κ2) is 1.59. The van der Waals surface area contributed by atoms with Crippen LogP contribution in [0.5, 0.6) is 0 Å². The van der Waals surface area contributed by atoms with Crippen molar-refractivity contribution >= 4 is 16.9 Å². The van der Waals surface area contributed by atoms with Gasteiger partial charge >= 0.3 is 0 Å². The number of hydrogen-bond donors (Lipinski definition) is 0. The minimum absolute atomic E-state index is 0.0642. The molecule has 2 bridgehead atoms. The lowest BCUT2D eigenvalue weighted by Gasteiger charge is -1.84. The first-order valence-corrected chi connectivity index (χ1v) is 3.10. The number of ketones is 1. The topological polar surface area (TPSA) is 30.2 Å². The third-order valence-electron chi connectivity index (χ3n) is 1.56. The van der Waals surface area contributed by atoms with Gasteiger partial charge in [0.1, 0.15) is 11.2 Å². The highest BCUT2D eigenvalue weighted by molar-refractivity contribution is 6.02. The van der Waals surface area contributed by atoms with E-state index in [1.165, 1.54) is 6.92 Å². The molecule has 0 aromatic carbocycles. The molecule has 50 valence electrons. The molecule has 0 saturated heterocycles. The van der Waals surface area contributed by atoms with Crippen molar-refractivity contribution in [2.24, 2.45) is 0 Å². The summed E-state index contributed by atoms with van der Waals surface area (Å²) < 4.78 is 5.15. The van der Waals surface area contributed by atoms with E-state index in [-0.39, 0.29) is 5.78 Å². The molecule has 0 atom stereocenters. The molecule has 2 aromatic rings. The van der Waals surface area contributed by atoms with E-state index in [0.717, 1.165) is 5.58 Å². The lowest BCUT2D eigenvalue weighted by Crippen LogP contribution is -1.87. The van der Waals surface area contributed by atoms with Gasteiger partial charge in [-0.05, 0) is 25.1 Å². The van der Waals surface area contributed by atoms with Gasteiger partial charge in [-0.25, -0.2) is 0 Å². The van der Waals surface area contributed by atoms with E-state index >= 15 is 0 Å². The van der Waals surface area contributed by atoms with E-state index < -0.39 is 0 Å². The summed E-state index contributed by atoms with van der Waals surface area (Å²) in [6.45, 7) is 1.54. The van der Waals surface area contributed by atoms with E-state index in [1.807, 2.05) is 12.1 Å². The van der Waals surface area contributed by atoms with Crippen LogP contribution in [0.25, 0.3) is 11.2 Å². The molecule has 2 heterocycles. The van der Waals surface area contributed by atoms with Crippen molar-refractivity contribution in [1.82, 2.24) is 0 Å². The fourth-order valence-electron chi connectivity index (χ4n) is 1.06. The Morgan fingerprint density at radius 1 is 1.50 bits per heavy atom. The summed E-state index contributed by atoms with van der Waals surface area (Å²) in [5.41, 5.74) is 2.17. The lowest BCUT2D eigenvalue weighted by molar-refractivity contribution is 0.101. The third kappa shape index (κ3) is 0.559. The monoisotopic (exact) mass is 134 g/mol. The molecule has 0 amide bonds. The van der Waals surface area contributed by atoms with Gasteiger partial charge in [0.2, 0.25) is 0 Å². The molecule has 0 spiro atoms. The number of hydrogen-bond acceptors (Lipinski definition) is 2. The number of fused-ring (bicyclic) bond motifs is 2. The molecule has 2 aromatic heterocycles. The Morgan fingerprint density at radius 2 is 2.30 bits per heavy atom. The zero-order valence-electron chi connectivity index (χ0n) is 5.55. The predicted octanol–water partition coefficient (Wildman–Crippen LogP) is 2.07. The van der Waals surface area contributed by atoms with Crippen molar-refractivity contribution in [3.63, 3.8) is 0 Å². The minimum atomic E-state index is 0.0642. The highest BCUT2D eigenvalue weighted by Crippen LogP contribution is 2.21. The highest BCUT2D eigenvalue weighted by atomic mass is 16.3. The van der Waals surface area contributed by atoms with E-state index in [4.69, 9.17) is 4.42 Å². The Balaban J connectivity index is 2.73. The van der Waals surface area contributed by atoms with Crippen molar-refractivity contribution in [3.05, 3.63) is 23.8 Å². The molecule has 2 nitrogen and oxygen atoms in total. The predicted molar refractivity (Wildman–Crippen MR) is 37.4 cm³/mol. The molecule has 0 unspecified atom stereocenters. The van der Waals surface area contributed by atoms with Crippen molar-refractivity contribution in [2.75, 3.05) is 0 Å². The first-order valence-electron chi connectivity index (χ1n) is 3.10. The number of Topliss-reactive ketones (excluding diaryl/α,β-unsaturated/α-hetero) is 1. The quantitative estimate of drug-likeness (QED) is 0.559. The van der Waals surface area contributed by atoms with E-state index in [2.05, 4.69) is 0 Å². The van der Waals surface area contributed by atoms with Gasteiger partial charge in [-0.2, -0.15) is 0 Å². The standard InChI is InChI=1S/C8H6O2/c1-5(9)7-4-6-2-3-8(7)10-6/h2-4H,1H3. The number of carbonyl (C=O) groups excluding carboxylic acids is 1. The van der Waals surface area contributed by atoms with Crippen molar-refractivity contribution in [2.45, 2.75) is 6.92 Å². The molecule has 2 heteroatoms. The molecule has 0 N–H and O–H groups in total. The van der Waals surface area contributed by atoms with E-state index in [1.54, 1.807) is 6.07 Å². The van der Waals surface area contributed by atoms with E-state index in [9.17, 15) is 4.79 Å². The van der Waals surface area contributed by atoms with Crippen LogP contribution in [0.3, 0.4) is 0 Å². The molecule has 0 aliphatic heterocycles. The normalized spacial score (nSPS) is 10.9. The molecular weight excluding hydrogens is 128 g/mol. The lowest BCUT2D eigenvalue weighted by atomic mass is 10.2. The summed E-state index contributed by atoms with van der Waals surface area (Å²) >= 11 is 0. The molecule has 0 aliphatic rings. The Kier molecular flexibility index (Phi) is 0.873. The van der Waals surface area contributed by atoms with Crippen LogP contribution in [0, 0.1) is 0 Å². The summed E-state index contributed by atoms with van der Waals surface area (Å²) in [5, 5.41) is 0. The maximum atomic E-state index is 10.8. The molecular formula is C8H6O2. The Bertz CT molecular complexity index is 359. The second-order valence-electron chi connectivity index (χ2n) is 2.32. The van der Waals surface area contributed by atoms with Crippen LogP contribution in [-0.4, -0.2) is 5.78 Å². The number of benzene rings is 1. The van der Waals surface area contributed by atoms with Crippen LogP contribution in [-0.2, 0) is 0 Å². The molecule has 0 saturated carbocycles. The van der Waals surface area contributed by atoms with Gasteiger partial charge in [-0.1, -0.05) is 0 Å². The molecule has 0 radical (unpaired) electrons. The van der Waals surface area contributed by atoms with Crippen molar-refractivity contribution < 1.29 is 9.21 Å². The summed E-state index contributed by atoms with van der Waals surface area (Å²) in [6, 6.07) is 5.42. The molecule has 0 fully saturated rings. The van der Waals surface area contributed by atoms with Gasteiger partial charge in [0, 0.05) is 0 Å². The maximum Gasteiger partial charge on any atom is 0.163 e. The van der Waals surface area contributed by atoms with E-state index in [0.29, 0.717) is 11.1 Å². The summed E-state index contributed by atoms with van der Waals surface area (Å²) in [7, 11) is 0. The van der Waals surface area contributed by atoms with Crippen molar-refractivity contribution in [3.8, 4) is 0 Å². The average Bonchev–Trinajstić information content (AvgIpc) is 2.44. The summed E-state index contributed by atoms with van der Waals surface area (Å²) in [6.07, 6.45) is 0. The van der Waals surface area contributed by atoms with Gasteiger partial charge in [0.25, 0.3) is 0 Å². The van der Waals surface area contributed by atoms with Gasteiger partial charge in [0.05, 0.1) is 5.56 Å². The van der Waals surface area contributed by atoms with Gasteiger partial charge in [-0.3, -0.25) is 4.79 Å². The SMILES string of the molecule is CC(=O)c1cc2ccc1o2. The van der Waals surface area contributed by atoms with Gasteiger partial charge < -0.3 is 4.42 Å². The summed E-state index contributed by atoms with van der Waals surface area (Å²) in [4.78, 5) is 10.8. The molecule has 10 heavy (non-hydrogen) atoms. The zero-order chi connectivity index (χ0) is 7.14. The van der Waals surface area contributed by atoms with Crippen LogP contribution >= 0.6 is 0 Å². The largest absolute Gasteiger partial charge is 0.457 e. The van der Waals surface area contributed by atoms with Crippen LogP contribution in [0.1, 0.15) is 17.3 Å². The minimum Gasteiger partial charge on any atom is -0.457 e.